The highest BCUT2D eigenvalue weighted by atomic mass is 19.1. The highest BCUT2D eigenvalue weighted by Gasteiger charge is 2.30. The quantitative estimate of drug-likeness (QED) is 0.802. The summed E-state index contributed by atoms with van der Waals surface area (Å²) in [5.74, 6) is -0.385. The molecule has 2 aliphatic rings. The topological polar surface area (TPSA) is 53.2 Å². The van der Waals surface area contributed by atoms with Crippen molar-refractivity contribution in [1.82, 2.24) is 5.32 Å². The Hall–Kier alpha value is -2.40. The number of aryl methyl sites for hydroxylation is 1. The van der Waals surface area contributed by atoms with Gasteiger partial charge in [-0.1, -0.05) is 18.2 Å². The number of carbonyl (C=O) groups excluding carboxylic acids is 1. The lowest BCUT2D eigenvalue weighted by atomic mass is 10.0. The number of anilines is 2. The maximum absolute atomic E-state index is 14.0. The van der Waals surface area contributed by atoms with E-state index in [1.807, 2.05) is 25.1 Å². The first-order valence-electron chi connectivity index (χ1n) is 8.80. The van der Waals surface area contributed by atoms with Gasteiger partial charge in [0.25, 0.3) is 0 Å². The number of halogens is 1. The molecule has 1 amide bonds. The average Bonchev–Trinajstić information content (AvgIpc) is 3.28. The van der Waals surface area contributed by atoms with E-state index in [2.05, 4.69) is 22.0 Å². The lowest BCUT2D eigenvalue weighted by Gasteiger charge is -2.15. The Labute approximate surface area is 146 Å². The summed E-state index contributed by atoms with van der Waals surface area (Å²) < 4.78 is 14.0. The molecule has 2 unspecified atom stereocenters. The van der Waals surface area contributed by atoms with Crippen molar-refractivity contribution in [3.05, 3.63) is 58.9 Å². The van der Waals surface area contributed by atoms with Gasteiger partial charge < -0.3 is 16.0 Å². The lowest BCUT2D eigenvalue weighted by Crippen LogP contribution is -2.33. The third-order valence-electron chi connectivity index (χ3n) is 5.12. The van der Waals surface area contributed by atoms with Gasteiger partial charge >= 0.3 is 0 Å². The molecule has 4 rings (SSSR count). The van der Waals surface area contributed by atoms with Crippen LogP contribution in [0.2, 0.25) is 0 Å². The fourth-order valence-electron chi connectivity index (χ4n) is 3.76. The molecule has 0 radical (unpaired) electrons. The van der Waals surface area contributed by atoms with E-state index in [0.717, 1.165) is 29.9 Å². The second-order valence-electron chi connectivity index (χ2n) is 6.88. The van der Waals surface area contributed by atoms with Crippen LogP contribution in [0.5, 0.6) is 0 Å². The maximum Gasteiger partial charge on any atom is 0.247 e. The van der Waals surface area contributed by atoms with Gasteiger partial charge in [0, 0.05) is 29.4 Å². The first-order valence-corrected chi connectivity index (χ1v) is 8.80. The zero-order valence-electron chi connectivity index (χ0n) is 14.2. The van der Waals surface area contributed by atoms with Crippen LogP contribution >= 0.6 is 0 Å². The summed E-state index contributed by atoms with van der Waals surface area (Å²) in [6, 6.07) is 11.1. The molecule has 0 saturated carbocycles. The standard InChI is InChI=1S/C20H22FN3O/c1-12-7-8-16(21)15-11-18(24-19(12)15)20(25)23-14-5-2-4-13(10-14)17-6-3-9-22-17/h2,4-5,7-8,10,17-18,22,24H,3,6,9,11H2,1H3,(H,23,25). The van der Waals surface area contributed by atoms with Crippen molar-refractivity contribution in [3.8, 4) is 0 Å². The summed E-state index contributed by atoms with van der Waals surface area (Å²) in [5.41, 5.74) is 4.29. The zero-order valence-corrected chi connectivity index (χ0v) is 14.2. The summed E-state index contributed by atoms with van der Waals surface area (Å²) in [5, 5.41) is 9.60. The van der Waals surface area contributed by atoms with Gasteiger partial charge in [-0.2, -0.15) is 0 Å². The minimum absolute atomic E-state index is 0.133. The predicted octanol–water partition coefficient (Wildman–Crippen LogP) is 3.53. The largest absolute Gasteiger partial charge is 0.373 e. The van der Waals surface area contributed by atoms with Crippen LogP contribution in [0.4, 0.5) is 15.8 Å². The van der Waals surface area contributed by atoms with Crippen LogP contribution in [0, 0.1) is 12.7 Å². The van der Waals surface area contributed by atoms with Crippen molar-refractivity contribution in [2.45, 2.75) is 38.3 Å². The fraction of sp³-hybridized carbons (Fsp3) is 0.350. The molecule has 5 heteroatoms. The molecule has 25 heavy (non-hydrogen) atoms. The summed E-state index contributed by atoms with van der Waals surface area (Å²) in [4.78, 5) is 12.6. The van der Waals surface area contributed by atoms with Crippen LogP contribution in [-0.2, 0) is 11.2 Å². The first-order chi connectivity index (χ1) is 12.1. The Balaban J connectivity index is 1.47. The number of rotatable bonds is 3. The van der Waals surface area contributed by atoms with E-state index in [1.165, 1.54) is 18.1 Å². The van der Waals surface area contributed by atoms with Crippen LogP contribution < -0.4 is 16.0 Å². The second-order valence-corrected chi connectivity index (χ2v) is 6.88. The van der Waals surface area contributed by atoms with Gasteiger partial charge in [-0.15, -0.1) is 0 Å². The van der Waals surface area contributed by atoms with E-state index in [-0.39, 0.29) is 11.7 Å². The Bertz CT molecular complexity index is 784. The van der Waals surface area contributed by atoms with Crippen molar-refractivity contribution in [1.29, 1.82) is 0 Å². The molecular formula is C20H22FN3O. The van der Waals surface area contributed by atoms with E-state index < -0.39 is 6.04 Å². The van der Waals surface area contributed by atoms with Gasteiger partial charge in [0.2, 0.25) is 5.91 Å². The molecule has 3 N–H and O–H groups in total. The smallest absolute Gasteiger partial charge is 0.247 e. The van der Waals surface area contributed by atoms with Crippen LogP contribution in [0.15, 0.2) is 36.4 Å². The second kappa shape index (κ2) is 6.48. The van der Waals surface area contributed by atoms with Gasteiger partial charge in [-0.25, -0.2) is 4.39 Å². The number of amides is 1. The lowest BCUT2D eigenvalue weighted by molar-refractivity contribution is -0.116. The number of hydrogen-bond acceptors (Lipinski definition) is 3. The number of benzene rings is 2. The molecule has 2 aliphatic heterocycles. The maximum atomic E-state index is 14.0. The molecule has 0 aliphatic carbocycles. The molecular weight excluding hydrogens is 317 g/mol. The Kier molecular flexibility index (Phi) is 4.17. The minimum atomic E-state index is -0.445. The van der Waals surface area contributed by atoms with Gasteiger partial charge in [-0.3, -0.25) is 4.79 Å². The number of hydrogen-bond donors (Lipinski definition) is 3. The van der Waals surface area contributed by atoms with Crippen LogP contribution in [-0.4, -0.2) is 18.5 Å². The third kappa shape index (κ3) is 3.12. The summed E-state index contributed by atoms with van der Waals surface area (Å²) in [7, 11) is 0. The fourth-order valence-corrected chi connectivity index (χ4v) is 3.76. The summed E-state index contributed by atoms with van der Waals surface area (Å²) >= 11 is 0. The first kappa shape index (κ1) is 16.1. The van der Waals surface area contributed by atoms with Crippen molar-refractivity contribution in [2.24, 2.45) is 0 Å². The summed E-state index contributed by atoms with van der Waals surface area (Å²) in [6.07, 6.45) is 2.67. The van der Waals surface area contributed by atoms with Crippen molar-refractivity contribution >= 4 is 17.3 Å². The van der Waals surface area contributed by atoms with Gasteiger partial charge in [0.1, 0.15) is 11.9 Å². The molecule has 130 valence electrons. The highest BCUT2D eigenvalue weighted by molar-refractivity contribution is 5.98. The molecule has 2 heterocycles. The SMILES string of the molecule is Cc1ccc(F)c2c1NC(C(=O)Nc1cccc(C3CCCN3)c1)C2. The Morgan fingerprint density at radius 3 is 2.92 bits per heavy atom. The van der Waals surface area contributed by atoms with Crippen LogP contribution in [0.1, 0.15) is 35.6 Å². The highest BCUT2D eigenvalue weighted by Crippen LogP contribution is 2.32. The van der Waals surface area contributed by atoms with E-state index in [9.17, 15) is 9.18 Å². The van der Waals surface area contributed by atoms with E-state index in [1.54, 1.807) is 6.07 Å². The zero-order chi connectivity index (χ0) is 17.4. The molecule has 2 atom stereocenters. The van der Waals surface area contributed by atoms with Crippen LogP contribution in [0.25, 0.3) is 0 Å². The van der Waals surface area contributed by atoms with Gasteiger partial charge in [0.05, 0.1) is 0 Å². The molecule has 2 aromatic carbocycles. The average molecular weight is 339 g/mol. The number of fused-ring (bicyclic) bond motifs is 1. The summed E-state index contributed by atoms with van der Waals surface area (Å²) in [6.45, 7) is 2.96. The molecule has 1 fully saturated rings. The predicted molar refractivity (Wildman–Crippen MR) is 97.3 cm³/mol. The van der Waals surface area contributed by atoms with E-state index in [4.69, 9.17) is 0 Å². The van der Waals surface area contributed by atoms with E-state index >= 15 is 0 Å². The monoisotopic (exact) mass is 339 g/mol. The molecule has 2 aromatic rings. The van der Waals surface area contributed by atoms with Crippen LogP contribution in [0.3, 0.4) is 0 Å². The Morgan fingerprint density at radius 2 is 2.16 bits per heavy atom. The normalized spacial score (nSPS) is 21.7. The molecule has 1 saturated heterocycles. The van der Waals surface area contributed by atoms with Crippen molar-refractivity contribution in [2.75, 3.05) is 17.2 Å². The van der Waals surface area contributed by atoms with Gasteiger partial charge in [0.15, 0.2) is 0 Å². The molecule has 0 spiro atoms. The van der Waals surface area contributed by atoms with Crippen molar-refractivity contribution < 1.29 is 9.18 Å². The van der Waals surface area contributed by atoms with E-state index in [0.29, 0.717) is 18.0 Å². The number of nitrogens with one attached hydrogen (secondary N) is 3. The number of carbonyl (C=O) groups is 1. The Morgan fingerprint density at radius 1 is 1.28 bits per heavy atom. The third-order valence-corrected chi connectivity index (χ3v) is 5.12. The molecule has 0 aromatic heterocycles. The molecule has 0 bridgehead atoms. The minimum Gasteiger partial charge on any atom is -0.373 e. The molecule has 4 nitrogen and oxygen atoms in total. The van der Waals surface area contributed by atoms with Crippen molar-refractivity contribution in [3.63, 3.8) is 0 Å². The van der Waals surface area contributed by atoms with Gasteiger partial charge in [-0.05, 0) is 55.6 Å².